The number of aromatic nitrogens is 2. The van der Waals surface area contributed by atoms with Gasteiger partial charge in [-0.3, -0.25) is 4.79 Å². The quantitative estimate of drug-likeness (QED) is 0.748. The van der Waals surface area contributed by atoms with Gasteiger partial charge in [-0.1, -0.05) is 0 Å². The Labute approximate surface area is 95.5 Å². The van der Waals surface area contributed by atoms with Crippen LogP contribution in [0, 0.1) is 6.92 Å². The third-order valence-corrected chi connectivity index (χ3v) is 2.21. The smallest absolute Gasteiger partial charge is 0.317 e. The van der Waals surface area contributed by atoms with Gasteiger partial charge < -0.3 is 9.64 Å². The molecule has 5 nitrogen and oxygen atoms in total. The number of likely N-dealkylation sites (N-methyl/N-ethyl adjacent to an activating group) is 1. The van der Waals surface area contributed by atoms with Crippen LogP contribution in [-0.4, -0.2) is 40.5 Å². The number of hydrogen-bond donors (Lipinski definition) is 0. The highest BCUT2D eigenvalue weighted by Crippen LogP contribution is 2.02. The van der Waals surface area contributed by atoms with Crippen LogP contribution >= 0.6 is 0 Å². The van der Waals surface area contributed by atoms with Crippen molar-refractivity contribution in [3.63, 3.8) is 0 Å². The molecule has 88 valence electrons. The zero-order chi connectivity index (χ0) is 12.0. The highest BCUT2D eigenvalue weighted by atomic mass is 16.5. The molecular weight excluding hydrogens is 206 g/mol. The lowest BCUT2D eigenvalue weighted by Gasteiger charge is -2.18. The van der Waals surface area contributed by atoms with Gasteiger partial charge >= 0.3 is 6.01 Å². The fraction of sp³-hybridized carbons (Fsp3) is 0.545. The number of ether oxygens (including phenoxy) is 1. The van der Waals surface area contributed by atoms with Crippen molar-refractivity contribution in [1.29, 1.82) is 0 Å². The summed E-state index contributed by atoms with van der Waals surface area (Å²) < 4.78 is 5.22. The first-order chi connectivity index (χ1) is 7.67. The normalized spacial score (nSPS) is 9.94. The number of carbonyl (C=O) groups is 1. The van der Waals surface area contributed by atoms with E-state index in [1.54, 1.807) is 17.2 Å². The van der Waals surface area contributed by atoms with Crippen LogP contribution in [0.3, 0.4) is 0 Å². The second kappa shape index (κ2) is 6.05. The first kappa shape index (κ1) is 12.4. The van der Waals surface area contributed by atoms with E-state index < -0.39 is 0 Å². The van der Waals surface area contributed by atoms with Gasteiger partial charge in [-0.15, -0.1) is 0 Å². The number of aryl methyl sites for hydroxylation is 1. The number of rotatable bonds is 5. The minimum atomic E-state index is -0.0462. The van der Waals surface area contributed by atoms with E-state index in [1.165, 1.54) is 0 Å². The molecule has 0 radical (unpaired) electrons. The van der Waals surface area contributed by atoms with Crippen LogP contribution in [0.5, 0.6) is 6.01 Å². The Kier molecular flexibility index (Phi) is 4.69. The van der Waals surface area contributed by atoms with Gasteiger partial charge in [0.1, 0.15) is 0 Å². The number of carbonyl (C=O) groups excluding carboxylic acids is 1. The summed E-state index contributed by atoms with van der Waals surface area (Å²) in [4.78, 5) is 21.3. The van der Waals surface area contributed by atoms with Gasteiger partial charge in [0.2, 0.25) is 0 Å². The maximum Gasteiger partial charge on any atom is 0.317 e. The molecule has 1 aromatic heterocycles. The van der Waals surface area contributed by atoms with Gasteiger partial charge in [-0.25, -0.2) is 9.97 Å². The average Bonchev–Trinajstić information content (AvgIpc) is 2.28. The molecule has 0 atom stereocenters. The van der Waals surface area contributed by atoms with Crippen LogP contribution in [0.15, 0.2) is 12.3 Å². The van der Waals surface area contributed by atoms with Crippen molar-refractivity contribution in [2.24, 2.45) is 0 Å². The highest BCUT2D eigenvalue weighted by Gasteiger charge is 2.10. The zero-order valence-corrected chi connectivity index (χ0v) is 9.93. The molecule has 0 saturated heterocycles. The van der Waals surface area contributed by atoms with E-state index in [1.807, 2.05) is 20.8 Å². The Balaban J connectivity index is 2.48. The summed E-state index contributed by atoms with van der Waals surface area (Å²) >= 11 is 0. The molecule has 0 bridgehead atoms. The van der Waals surface area contributed by atoms with E-state index in [0.717, 1.165) is 5.69 Å². The lowest BCUT2D eigenvalue weighted by molar-refractivity contribution is -0.133. The van der Waals surface area contributed by atoms with Crippen molar-refractivity contribution >= 4 is 5.91 Å². The predicted octanol–water partition coefficient (Wildman–Crippen LogP) is 1.03. The summed E-state index contributed by atoms with van der Waals surface area (Å²) in [6.45, 7) is 7.09. The fourth-order valence-corrected chi connectivity index (χ4v) is 1.29. The van der Waals surface area contributed by atoms with E-state index in [2.05, 4.69) is 9.97 Å². The van der Waals surface area contributed by atoms with E-state index in [-0.39, 0.29) is 18.5 Å². The van der Waals surface area contributed by atoms with E-state index in [0.29, 0.717) is 13.1 Å². The molecule has 0 aliphatic heterocycles. The predicted molar refractivity (Wildman–Crippen MR) is 60.2 cm³/mol. The van der Waals surface area contributed by atoms with Crippen LogP contribution < -0.4 is 4.74 Å². The summed E-state index contributed by atoms with van der Waals surface area (Å²) in [5.41, 5.74) is 0.820. The molecule has 0 spiro atoms. The molecule has 0 saturated carbocycles. The number of amides is 1. The van der Waals surface area contributed by atoms with Gasteiger partial charge in [-0.05, 0) is 26.8 Å². The molecule has 0 aliphatic carbocycles. The summed E-state index contributed by atoms with van der Waals surface area (Å²) in [5.74, 6) is -0.0462. The second-order valence-electron chi connectivity index (χ2n) is 3.34. The Bertz CT molecular complexity index is 351. The lowest BCUT2D eigenvalue weighted by Crippen LogP contribution is -2.34. The molecular formula is C11H17N3O2. The van der Waals surface area contributed by atoms with Crippen LogP contribution in [-0.2, 0) is 4.79 Å². The standard InChI is InChI=1S/C11H17N3O2/c1-4-14(5-2)10(15)8-16-11-12-7-6-9(3)13-11/h6-7H,4-5,8H2,1-3H3. The Morgan fingerprint density at radius 3 is 2.69 bits per heavy atom. The third-order valence-electron chi connectivity index (χ3n) is 2.21. The zero-order valence-electron chi connectivity index (χ0n) is 9.93. The SMILES string of the molecule is CCN(CC)C(=O)COc1nccc(C)n1. The molecule has 0 aromatic carbocycles. The minimum absolute atomic E-state index is 0.00880. The molecule has 0 aliphatic rings. The molecule has 0 fully saturated rings. The van der Waals surface area contributed by atoms with Crippen LogP contribution in [0.1, 0.15) is 19.5 Å². The summed E-state index contributed by atoms with van der Waals surface area (Å²) in [5, 5.41) is 0. The molecule has 1 heterocycles. The summed E-state index contributed by atoms with van der Waals surface area (Å²) in [6.07, 6.45) is 1.61. The van der Waals surface area contributed by atoms with E-state index in [9.17, 15) is 4.79 Å². The topological polar surface area (TPSA) is 55.3 Å². The van der Waals surface area contributed by atoms with Crippen molar-refractivity contribution in [3.8, 4) is 6.01 Å². The summed E-state index contributed by atoms with van der Waals surface area (Å²) in [7, 11) is 0. The molecule has 1 aromatic rings. The lowest BCUT2D eigenvalue weighted by atomic mass is 10.4. The summed E-state index contributed by atoms with van der Waals surface area (Å²) in [6, 6.07) is 2.03. The van der Waals surface area contributed by atoms with Gasteiger partial charge in [0.15, 0.2) is 6.61 Å². The third kappa shape index (κ3) is 3.49. The Hall–Kier alpha value is -1.65. The van der Waals surface area contributed by atoms with Crippen LogP contribution in [0.25, 0.3) is 0 Å². The minimum Gasteiger partial charge on any atom is -0.453 e. The first-order valence-corrected chi connectivity index (χ1v) is 5.37. The molecule has 5 heteroatoms. The Morgan fingerprint density at radius 2 is 2.12 bits per heavy atom. The number of nitrogens with zero attached hydrogens (tertiary/aromatic N) is 3. The fourth-order valence-electron chi connectivity index (χ4n) is 1.29. The first-order valence-electron chi connectivity index (χ1n) is 5.37. The maximum absolute atomic E-state index is 11.6. The average molecular weight is 223 g/mol. The number of hydrogen-bond acceptors (Lipinski definition) is 4. The van der Waals surface area contributed by atoms with Crippen molar-refractivity contribution in [2.45, 2.75) is 20.8 Å². The molecule has 1 amide bonds. The van der Waals surface area contributed by atoms with Gasteiger partial charge in [-0.2, -0.15) is 0 Å². The molecule has 0 unspecified atom stereocenters. The second-order valence-corrected chi connectivity index (χ2v) is 3.34. The molecule has 16 heavy (non-hydrogen) atoms. The van der Waals surface area contributed by atoms with Crippen molar-refractivity contribution in [3.05, 3.63) is 18.0 Å². The highest BCUT2D eigenvalue weighted by molar-refractivity contribution is 5.77. The van der Waals surface area contributed by atoms with Gasteiger partial charge in [0.25, 0.3) is 5.91 Å². The largest absolute Gasteiger partial charge is 0.453 e. The van der Waals surface area contributed by atoms with Crippen LogP contribution in [0.4, 0.5) is 0 Å². The van der Waals surface area contributed by atoms with Crippen molar-refractivity contribution < 1.29 is 9.53 Å². The maximum atomic E-state index is 11.6. The monoisotopic (exact) mass is 223 g/mol. The Morgan fingerprint density at radius 1 is 1.44 bits per heavy atom. The van der Waals surface area contributed by atoms with Gasteiger partial charge in [0.05, 0.1) is 0 Å². The van der Waals surface area contributed by atoms with E-state index >= 15 is 0 Å². The van der Waals surface area contributed by atoms with E-state index in [4.69, 9.17) is 4.74 Å². The molecule has 0 N–H and O–H groups in total. The van der Waals surface area contributed by atoms with Crippen LogP contribution in [0.2, 0.25) is 0 Å². The van der Waals surface area contributed by atoms with Gasteiger partial charge in [0, 0.05) is 25.0 Å². The molecule has 1 rings (SSSR count). The van der Waals surface area contributed by atoms with Crippen molar-refractivity contribution in [2.75, 3.05) is 19.7 Å². The van der Waals surface area contributed by atoms with Crippen molar-refractivity contribution in [1.82, 2.24) is 14.9 Å².